The van der Waals surface area contributed by atoms with E-state index < -0.39 is 0 Å². The maximum Gasteiger partial charge on any atom is 0.161 e. The minimum atomic E-state index is 0.0177. The molecule has 3 N–H and O–H groups in total. The second-order valence-electron chi connectivity index (χ2n) is 4.87. The molecule has 0 radical (unpaired) electrons. The minimum absolute atomic E-state index is 0.0177. The standard InChI is InChI=1S/C14H20N2O/c1-10(17)13-9-12(6-7-14(13)15)16-8-2-3-11-4-5-11/h6-7,9,11,16H,2-5,8,15H2,1H3. The molecule has 1 aliphatic carbocycles. The van der Waals surface area contributed by atoms with Gasteiger partial charge in [-0.3, -0.25) is 4.79 Å². The summed E-state index contributed by atoms with van der Waals surface area (Å²) in [5.41, 5.74) is 7.90. The quantitative estimate of drug-likeness (QED) is 0.450. The van der Waals surface area contributed by atoms with Crippen LogP contribution in [-0.4, -0.2) is 12.3 Å². The monoisotopic (exact) mass is 232 g/mol. The molecule has 0 atom stereocenters. The lowest BCUT2D eigenvalue weighted by Gasteiger charge is -2.09. The highest BCUT2D eigenvalue weighted by Gasteiger charge is 2.19. The molecule has 3 nitrogen and oxygen atoms in total. The Morgan fingerprint density at radius 2 is 2.24 bits per heavy atom. The first-order valence-electron chi connectivity index (χ1n) is 6.31. The van der Waals surface area contributed by atoms with Crippen LogP contribution in [0.1, 0.15) is 43.0 Å². The van der Waals surface area contributed by atoms with Gasteiger partial charge in [0.15, 0.2) is 5.78 Å². The molecule has 1 aliphatic rings. The lowest BCUT2D eigenvalue weighted by atomic mass is 10.1. The second-order valence-corrected chi connectivity index (χ2v) is 4.87. The van der Waals surface area contributed by atoms with E-state index in [1.165, 1.54) is 25.7 Å². The molecule has 1 aromatic carbocycles. The average molecular weight is 232 g/mol. The van der Waals surface area contributed by atoms with Crippen molar-refractivity contribution in [2.45, 2.75) is 32.6 Å². The highest BCUT2D eigenvalue weighted by Crippen LogP contribution is 2.33. The molecular formula is C14H20N2O. The van der Waals surface area contributed by atoms with Gasteiger partial charge in [-0.1, -0.05) is 12.8 Å². The fraction of sp³-hybridized carbons (Fsp3) is 0.500. The zero-order chi connectivity index (χ0) is 12.3. The van der Waals surface area contributed by atoms with E-state index in [1.54, 1.807) is 13.0 Å². The van der Waals surface area contributed by atoms with Crippen LogP contribution >= 0.6 is 0 Å². The molecule has 0 heterocycles. The number of nitrogens with two attached hydrogens (primary N) is 1. The number of hydrogen-bond acceptors (Lipinski definition) is 3. The predicted molar refractivity (Wildman–Crippen MR) is 71.3 cm³/mol. The van der Waals surface area contributed by atoms with Gasteiger partial charge in [0.1, 0.15) is 0 Å². The summed E-state index contributed by atoms with van der Waals surface area (Å²) in [6, 6.07) is 5.56. The molecule has 1 fully saturated rings. The summed E-state index contributed by atoms with van der Waals surface area (Å²) in [6.45, 7) is 2.51. The van der Waals surface area contributed by atoms with E-state index in [4.69, 9.17) is 5.73 Å². The summed E-state index contributed by atoms with van der Waals surface area (Å²) >= 11 is 0. The van der Waals surface area contributed by atoms with Crippen LogP contribution in [0, 0.1) is 5.92 Å². The van der Waals surface area contributed by atoms with E-state index in [0.717, 1.165) is 18.2 Å². The van der Waals surface area contributed by atoms with Crippen molar-refractivity contribution in [2.75, 3.05) is 17.6 Å². The third-order valence-electron chi connectivity index (χ3n) is 3.25. The Morgan fingerprint density at radius 3 is 2.88 bits per heavy atom. The molecule has 92 valence electrons. The van der Waals surface area contributed by atoms with Crippen molar-refractivity contribution in [3.05, 3.63) is 23.8 Å². The SMILES string of the molecule is CC(=O)c1cc(NCCCC2CC2)ccc1N. The highest BCUT2D eigenvalue weighted by atomic mass is 16.1. The van der Waals surface area contributed by atoms with Crippen LogP contribution in [0.5, 0.6) is 0 Å². The topological polar surface area (TPSA) is 55.1 Å². The van der Waals surface area contributed by atoms with Crippen LogP contribution in [0.15, 0.2) is 18.2 Å². The van der Waals surface area contributed by atoms with Gasteiger partial charge in [0.05, 0.1) is 0 Å². The lowest BCUT2D eigenvalue weighted by Crippen LogP contribution is -2.05. The number of ketones is 1. The summed E-state index contributed by atoms with van der Waals surface area (Å²) in [5.74, 6) is 1.00. The van der Waals surface area contributed by atoms with E-state index in [-0.39, 0.29) is 5.78 Å². The van der Waals surface area contributed by atoms with Crippen molar-refractivity contribution in [1.29, 1.82) is 0 Å². The van der Waals surface area contributed by atoms with E-state index in [9.17, 15) is 4.79 Å². The number of benzene rings is 1. The molecule has 0 saturated heterocycles. The third kappa shape index (κ3) is 3.48. The Hall–Kier alpha value is -1.51. The first-order chi connectivity index (χ1) is 8.16. The summed E-state index contributed by atoms with van der Waals surface area (Å²) < 4.78 is 0. The molecule has 3 heteroatoms. The van der Waals surface area contributed by atoms with Gasteiger partial charge >= 0.3 is 0 Å². The Labute approximate surface area is 102 Å². The van der Waals surface area contributed by atoms with Gasteiger partial charge in [-0.2, -0.15) is 0 Å². The summed E-state index contributed by atoms with van der Waals surface area (Å²) in [6.07, 6.45) is 5.35. The van der Waals surface area contributed by atoms with Crippen LogP contribution in [0.25, 0.3) is 0 Å². The van der Waals surface area contributed by atoms with Gasteiger partial charge in [-0.25, -0.2) is 0 Å². The number of carbonyl (C=O) groups is 1. The Morgan fingerprint density at radius 1 is 1.47 bits per heavy atom. The molecule has 1 aromatic rings. The van der Waals surface area contributed by atoms with Crippen molar-refractivity contribution in [3.63, 3.8) is 0 Å². The number of rotatable bonds is 6. The smallest absolute Gasteiger partial charge is 0.161 e. The van der Waals surface area contributed by atoms with Crippen LogP contribution in [0.4, 0.5) is 11.4 Å². The summed E-state index contributed by atoms with van der Waals surface area (Å²) in [7, 11) is 0. The van der Waals surface area contributed by atoms with Gasteiger partial charge in [0.25, 0.3) is 0 Å². The van der Waals surface area contributed by atoms with E-state index in [0.29, 0.717) is 11.3 Å². The van der Waals surface area contributed by atoms with E-state index >= 15 is 0 Å². The van der Waals surface area contributed by atoms with Crippen LogP contribution in [0.2, 0.25) is 0 Å². The van der Waals surface area contributed by atoms with Gasteiger partial charge in [-0.15, -0.1) is 0 Å². The van der Waals surface area contributed by atoms with Gasteiger partial charge in [0.2, 0.25) is 0 Å². The van der Waals surface area contributed by atoms with Crippen LogP contribution < -0.4 is 11.1 Å². The Balaban J connectivity index is 1.86. The third-order valence-corrected chi connectivity index (χ3v) is 3.25. The van der Waals surface area contributed by atoms with Crippen molar-refractivity contribution < 1.29 is 4.79 Å². The molecule has 1 saturated carbocycles. The fourth-order valence-corrected chi connectivity index (χ4v) is 2.00. The Bertz CT molecular complexity index is 411. The molecule has 2 rings (SSSR count). The van der Waals surface area contributed by atoms with E-state index in [1.807, 2.05) is 12.1 Å². The van der Waals surface area contributed by atoms with E-state index in [2.05, 4.69) is 5.32 Å². The molecule has 0 aromatic heterocycles. The van der Waals surface area contributed by atoms with Gasteiger partial charge < -0.3 is 11.1 Å². The number of nitrogens with one attached hydrogen (secondary N) is 1. The molecule has 0 spiro atoms. The average Bonchev–Trinajstić information content (AvgIpc) is 3.10. The largest absolute Gasteiger partial charge is 0.398 e. The zero-order valence-electron chi connectivity index (χ0n) is 10.3. The molecule has 17 heavy (non-hydrogen) atoms. The molecule has 0 aliphatic heterocycles. The van der Waals surface area contributed by atoms with Crippen molar-refractivity contribution in [3.8, 4) is 0 Å². The maximum atomic E-state index is 11.3. The maximum absolute atomic E-state index is 11.3. The number of nitrogen functional groups attached to an aromatic ring is 1. The minimum Gasteiger partial charge on any atom is -0.398 e. The summed E-state index contributed by atoms with van der Waals surface area (Å²) in [5, 5.41) is 3.34. The Kier molecular flexibility index (Phi) is 3.67. The molecular weight excluding hydrogens is 212 g/mol. The first kappa shape index (κ1) is 12.0. The van der Waals surface area contributed by atoms with Gasteiger partial charge in [0, 0.05) is 23.5 Å². The molecule has 0 unspecified atom stereocenters. The summed E-state index contributed by atoms with van der Waals surface area (Å²) in [4.78, 5) is 11.3. The lowest BCUT2D eigenvalue weighted by molar-refractivity contribution is 0.101. The number of Topliss-reactive ketones (excluding diaryl/α,β-unsaturated/α-hetero) is 1. The van der Waals surface area contributed by atoms with Crippen molar-refractivity contribution in [1.82, 2.24) is 0 Å². The first-order valence-corrected chi connectivity index (χ1v) is 6.31. The molecule has 0 bridgehead atoms. The zero-order valence-corrected chi connectivity index (χ0v) is 10.3. The van der Waals surface area contributed by atoms with Gasteiger partial charge in [-0.05, 0) is 43.9 Å². The van der Waals surface area contributed by atoms with Crippen molar-refractivity contribution in [2.24, 2.45) is 5.92 Å². The number of hydrogen-bond donors (Lipinski definition) is 2. The predicted octanol–water partition coefficient (Wildman–Crippen LogP) is 3.07. The molecule has 0 amide bonds. The number of anilines is 2. The second kappa shape index (κ2) is 5.21. The normalized spacial score (nSPS) is 14.6. The number of carbonyl (C=O) groups excluding carboxylic acids is 1. The fourth-order valence-electron chi connectivity index (χ4n) is 2.00. The highest BCUT2D eigenvalue weighted by molar-refractivity contribution is 5.99. The van der Waals surface area contributed by atoms with Crippen LogP contribution in [-0.2, 0) is 0 Å². The van der Waals surface area contributed by atoms with Crippen molar-refractivity contribution >= 4 is 17.2 Å². The van der Waals surface area contributed by atoms with Crippen LogP contribution in [0.3, 0.4) is 0 Å².